The smallest absolute Gasteiger partial charge is 0.310 e. The number of nitro groups is 1. The van der Waals surface area contributed by atoms with Gasteiger partial charge in [-0.2, -0.15) is 0 Å². The van der Waals surface area contributed by atoms with Crippen LogP contribution in [0, 0.1) is 10.1 Å². The molecule has 7 heteroatoms. The van der Waals surface area contributed by atoms with E-state index in [0.717, 1.165) is 10.0 Å². The number of nitrogens with one attached hydrogen (secondary N) is 1. The van der Waals surface area contributed by atoms with E-state index in [-0.39, 0.29) is 30.0 Å². The fraction of sp³-hybridized carbons (Fsp3) is 0.188. The van der Waals surface area contributed by atoms with E-state index >= 15 is 0 Å². The first-order chi connectivity index (χ1) is 11.0. The van der Waals surface area contributed by atoms with Gasteiger partial charge in [0.25, 0.3) is 5.91 Å². The van der Waals surface area contributed by atoms with Crippen LogP contribution in [0.1, 0.15) is 18.5 Å². The van der Waals surface area contributed by atoms with Gasteiger partial charge in [-0.1, -0.05) is 46.3 Å². The van der Waals surface area contributed by atoms with Crippen LogP contribution in [-0.4, -0.2) is 17.4 Å². The molecule has 0 bridgehead atoms. The van der Waals surface area contributed by atoms with E-state index in [4.69, 9.17) is 4.74 Å². The summed E-state index contributed by atoms with van der Waals surface area (Å²) in [6.45, 7) is 1.56. The Balaban J connectivity index is 1.96. The van der Waals surface area contributed by atoms with Crippen molar-refractivity contribution in [3.8, 4) is 5.75 Å². The van der Waals surface area contributed by atoms with E-state index in [2.05, 4.69) is 21.2 Å². The van der Waals surface area contributed by atoms with Crippen LogP contribution in [0.25, 0.3) is 0 Å². The molecule has 2 aromatic rings. The van der Waals surface area contributed by atoms with Crippen molar-refractivity contribution in [2.75, 3.05) is 6.61 Å². The normalized spacial score (nSPS) is 11.6. The lowest BCUT2D eigenvalue weighted by Crippen LogP contribution is -2.31. The second-order valence-corrected chi connectivity index (χ2v) is 5.68. The SMILES string of the molecule is CC(NC(=O)COc1ccccc1[N+](=O)[O-])c1ccccc1Br. The van der Waals surface area contributed by atoms with Gasteiger partial charge < -0.3 is 10.1 Å². The number of carbonyl (C=O) groups is 1. The highest BCUT2D eigenvalue weighted by Gasteiger charge is 2.16. The monoisotopic (exact) mass is 378 g/mol. The highest BCUT2D eigenvalue weighted by Crippen LogP contribution is 2.26. The van der Waals surface area contributed by atoms with Crippen molar-refractivity contribution in [2.45, 2.75) is 13.0 Å². The zero-order chi connectivity index (χ0) is 16.8. The molecule has 1 N–H and O–H groups in total. The third kappa shape index (κ3) is 4.53. The molecule has 120 valence electrons. The van der Waals surface area contributed by atoms with Crippen LogP contribution in [0.4, 0.5) is 5.69 Å². The molecular weight excluding hydrogens is 364 g/mol. The minimum absolute atomic E-state index is 0.0706. The molecule has 0 aliphatic heterocycles. The summed E-state index contributed by atoms with van der Waals surface area (Å²) in [6.07, 6.45) is 0. The molecule has 0 saturated carbocycles. The van der Waals surface area contributed by atoms with Crippen LogP contribution in [-0.2, 0) is 4.79 Å². The van der Waals surface area contributed by atoms with Gasteiger partial charge in [-0.05, 0) is 24.6 Å². The fourth-order valence-corrected chi connectivity index (χ4v) is 2.69. The molecule has 2 aromatic carbocycles. The standard InChI is InChI=1S/C16H15BrN2O4/c1-11(12-6-2-3-7-13(12)17)18-16(20)10-23-15-9-5-4-8-14(15)19(21)22/h2-9,11H,10H2,1H3,(H,18,20). The zero-order valence-electron chi connectivity index (χ0n) is 12.4. The zero-order valence-corrected chi connectivity index (χ0v) is 13.9. The quantitative estimate of drug-likeness (QED) is 0.614. The van der Waals surface area contributed by atoms with Crippen molar-refractivity contribution in [2.24, 2.45) is 0 Å². The summed E-state index contributed by atoms with van der Waals surface area (Å²) in [5.41, 5.74) is 0.769. The summed E-state index contributed by atoms with van der Waals surface area (Å²) in [6, 6.07) is 13.3. The highest BCUT2D eigenvalue weighted by atomic mass is 79.9. The molecule has 1 amide bonds. The number of hydrogen-bond donors (Lipinski definition) is 1. The maximum absolute atomic E-state index is 12.0. The Morgan fingerprint density at radius 1 is 1.26 bits per heavy atom. The van der Waals surface area contributed by atoms with Gasteiger partial charge in [-0.25, -0.2) is 0 Å². The predicted molar refractivity (Wildman–Crippen MR) is 89.3 cm³/mol. The Bertz CT molecular complexity index is 721. The number of amides is 1. The van der Waals surface area contributed by atoms with Gasteiger partial charge in [0.15, 0.2) is 12.4 Å². The number of para-hydroxylation sites is 2. The van der Waals surface area contributed by atoms with Gasteiger partial charge in [0.1, 0.15) is 0 Å². The Kier molecular flexibility index (Phi) is 5.70. The fourth-order valence-electron chi connectivity index (χ4n) is 2.06. The van der Waals surface area contributed by atoms with E-state index in [9.17, 15) is 14.9 Å². The first kappa shape index (κ1) is 17.0. The van der Waals surface area contributed by atoms with Gasteiger partial charge in [-0.15, -0.1) is 0 Å². The van der Waals surface area contributed by atoms with E-state index in [1.807, 2.05) is 31.2 Å². The van der Waals surface area contributed by atoms with E-state index in [0.29, 0.717) is 0 Å². The van der Waals surface area contributed by atoms with E-state index < -0.39 is 4.92 Å². The Labute approximate surface area is 141 Å². The number of nitrogens with zero attached hydrogens (tertiary/aromatic N) is 1. The number of nitro benzene ring substituents is 1. The Hall–Kier alpha value is -2.41. The number of carbonyl (C=O) groups excluding carboxylic acids is 1. The maximum Gasteiger partial charge on any atom is 0.310 e. The average Bonchev–Trinajstić information content (AvgIpc) is 2.53. The van der Waals surface area contributed by atoms with Crippen LogP contribution in [0.2, 0.25) is 0 Å². The third-order valence-corrected chi connectivity index (χ3v) is 3.89. The van der Waals surface area contributed by atoms with Crippen LogP contribution < -0.4 is 10.1 Å². The largest absolute Gasteiger partial charge is 0.477 e. The molecule has 2 rings (SSSR count). The maximum atomic E-state index is 12.0. The van der Waals surface area contributed by atoms with Gasteiger partial charge >= 0.3 is 5.69 Å². The van der Waals surface area contributed by atoms with Gasteiger partial charge in [-0.3, -0.25) is 14.9 Å². The second kappa shape index (κ2) is 7.73. The summed E-state index contributed by atoms with van der Waals surface area (Å²) in [5, 5.41) is 13.7. The summed E-state index contributed by atoms with van der Waals surface area (Å²) >= 11 is 3.43. The third-order valence-electron chi connectivity index (χ3n) is 3.17. The lowest BCUT2D eigenvalue weighted by atomic mass is 10.1. The molecule has 0 spiro atoms. The summed E-state index contributed by atoms with van der Waals surface area (Å²) in [5.74, 6) is -0.285. The first-order valence-corrected chi connectivity index (χ1v) is 7.68. The summed E-state index contributed by atoms with van der Waals surface area (Å²) in [4.78, 5) is 22.3. The number of halogens is 1. The molecule has 0 aliphatic rings. The molecule has 0 radical (unpaired) electrons. The van der Waals surface area contributed by atoms with Gasteiger partial charge in [0.05, 0.1) is 11.0 Å². The van der Waals surface area contributed by atoms with Crippen LogP contribution in [0.3, 0.4) is 0 Å². The van der Waals surface area contributed by atoms with Gasteiger partial charge in [0, 0.05) is 10.5 Å². The summed E-state index contributed by atoms with van der Waals surface area (Å²) in [7, 11) is 0. The number of rotatable bonds is 6. The molecule has 0 aromatic heterocycles. The van der Waals surface area contributed by atoms with E-state index in [1.165, 1.54) is 12.1 Å². The van der Waals surface area contributed by atoms with Crippen molar-refractivity contribution in [3.63, 3.8) is 0 Å². The van der Waals surface area contributed by atoms with Crippen molar-refractivity contribution in [3.05, 3.63) is 68.7 Å². The van der Waals surface area contributed by atoms with Crippen molar-refractivity contribution >= 4 is 27.5 Å². The summed E-state index contributed by atoms with van der Waals surface area (Å²) < 4.78 is 6.16. The molecule has 1 unspecified atom stereocenters. The molecule has 1 atom stereocenters. The number of hydrogen-bond acceptors (Lipinski definition) is 4. The first-order valence-electron chi connectivity index (χ1n) is 6.89. The minimum Gasteiger partial charge on any atom is -0.477 e. The van der Waals surface area contributed by atoms with Crippen molar-refractivity contribution in [1.82, 2.24) is 5.32 Å². The molecule has 0 heterocycles. The van der Waals surface area contributed by atoms with E-state index in [1.54, 1.807) is 12.1 Å². The lowest BCUT2D eigenvalue weighted by Gasteiger charge is -2.16. The Morgan fingerprint density at radius 2 is 1.91 bits per heavy atom. The van der Waals surface area contributed by atoms with Crippen LogP contribution in [0.5, 0.6) is 5.75 Å². The average molecular weight is 379 g/mol. The van der Waals surface area contributed by atoms with Crippen molar-refractivity contribution < 1.29 is 14.5 Å². The molecule has 0 aliphatic carbocycles. The second-order valence-electron chi connectivity index (χ2n) is 4.82. The predicted octanol–water partition coefficient (Wildman–Crippen LogP) is 3.61. The lowest BCUT2D eigenvalue weighted by molar-refractivity contribution is -0.385. The number of ether oxygens (including phenoxy) is 1. The number of benzene rings is 2. The minimum atomic E-state index is -0.545. The van der Waals surface area contributed by atoms with Crippen molar-refractivity contribution in [1.29, 1.82) is 0 Å². The Morgan fingerprint density at radius 3 is 2.61 bits per heavy atom. The van der Waals surface area contributed by atoms with Crippen LogP contribution in [0.15, 0.2) is 53.0 Å². The van der Waals surface area contributed by atoms with Crippen LogP contribution >= 0.6 is 15.9 Å². The molecule has 6 nitrogen and oxygen atoms in total. The molecule has 23 heavy (non-hydrogen) atoms. The topological polar surface area (TPSA) is 81.5 Å². The highest BCUT2D eigenvalue weighted by molar-refractivity contribution is 9.10. The van der Waals surface area contributed by atoms with Gasteiger partial charge in [0.2, 0.25) is 0 Å². The molecule has 0 fully saturated rings. The molecule has 0 saturated heterocycles. The molecular formula is C16H15BrN2O4.